The molecule has 2 amide bonds. The lowest BCUT2D eigenvalue weighted by Crippen LogP contribution is -2.51. The lowest BCUT2D eigenvalue weighted by atomic mass is 10.2. The van der Waals surface area contributed by atoms with Crippen LogP contribution in [0.2, 0.25) is 5.02 Å². The number of carbonyl (C=O) groups excluding carboxylic acids is 2. The Hall–Kier alpha value is -1.67. The van der Waals surface area contributed by atoms with E-state index in [0.717, 1.165) is 0 Å². The minimum atomic E-state index is -0.244. The maximum atomic E-state index is 12.2. The molecule has 0 aliphatic carbocycles. The molecule has 3 N–H and O–H groups in total. The number of amides is 2. The Morgan fingerprint density at radius 3 is 2.56 bits per heavy atom. The number of nitrogens with two attached hydrogens (primary N) is 1. The van der Waals surface area contributed by atoms with Crippen molar-refractivity contribution in [2.75, 3.05) is 51.7 Å². The molecule has 1 atom stereocenters. The van der Waals surface area contributed by atoms with Gasteiger partial charge in [-0.3, -0.25) is 14.5 Å². The van der Waals surface area contributed by atoms with Crippen LogP contribution in [0, 0.1) is 0 Å². The highest BCUT2D eigenvalue weighted by Crippen LogP contribution is 2.20. The van der Waals surface area contributed by atoms with Gasteiger partial charge in [0, 0.05) is 39.8 Å². The number of anilines is 1. The molecule has 0 radical (unpaired) electrons. The SMILES string of the molecule is COC(CN)CC(=O)N1CCN(CC(=O)Nc2ccccc2Cl)CC1. The topological polar surface area (TPSA) is 87.9 Å². The van der Waals surface area contributed by atoms with Gasteiger partial charge in [-0.2, -0.15) is 0 Å². The van der Waals surface area contributed by atoms with Crippen LogP contribution >= 0.6 is 11.6 Å². The third-order valence-corrected chi connectivity index (χ3v) is 4.57. The van der Waals surface area contributed by atoms with Crippen molar-refractivity contribution in [2.24, 2.45) is 5.73 Å². The Kier molecular flexibility index (Phi) is 7.64. The second kappa shape index (κ2) is 9.72. The summed E-state index contributed by atoms with van der Waals surface area (Å²) in [6.45, 7) is 3.10. The molecule has 1 unspecified atom stereocenters. The molecule has 1 aromatic rings. The number of piperazine rings is 1. The second-order valence-electron chi connectivity index (χ2n) is 5.98. The van der Waals surface area contributed by atoms with Gasteiger partial charge in [-0.05, 0) is 12.1 Å². The first kappa shape index (κ1) is 19.7. The van der Waals surface area contributed by atoms with Crippen molar-refractivity contribution in [3.05, 3.63) is 29.3 Å². The summed E-state index contributed by atoms with van der Waals surface area (Å²) in [6.07, 6.45) is 0.0481. The van der Waals surface area contributed by atoms with Crippen LogP contribution in [0.5, 0.6) is 0 Å². The van der Waals surface area contributed by atoms with Gasteiger partial charge in [0.25, 0.3) is 0 Å². The van der Waals surface area contributed by atoms with Crippen LogP contribution in [0.15, 0.2) is 24.3 Å². The van der Waals surface area contributed by atoms with E-state index in [4.69, 9.17) is 22.1 Å². The summed E-state index contributed by atoms with van der Waals surface area (Å²) < 4.78 is 5.15. The van der Waals surface area contributed by atoms with Gasteiger partial charge >= 0.3 is 0 Å². The minimum absolute atomic E-state index is 0.0393. The maximum absolute atomic E-state index is 12.2. The van der Waals surface area contributed by atoms with Crippen LogP contribution < -0.4 is 11.1 Å². The van der Waals surface area contributed by atoms with E-state index in [-0.39, 0.29) is 24.5 Å². The van der Waals surface area contributed by atoms with Crippen molar-refractivity contribution in [1.82, 2.24) is 9.80 Å². The van der Waals surface area contributed by atoms with Gasteiger partial charge in [0.1, 0.15) is 0 Å². The fraction of sp³-hybridized carbons (Fsp3) is 0.529. The molecule has 1 saturated heterocycles. The molecule has 138 valence electrons. The maximum Gasteiger partial charge on any atom is 0.238 e. The van der Waals surface area contributed by atoms with Crippen LogP contribution in [0.25, 0.3) is 0 Å². The molecule has 0 aromatic heterocycles. The zero-order valence-corrected chi connectivity index (χ0v) is 15.2. The summed E-state index contributed by atoms with van der Waals surface area (Å²) in [5.74, 6) is -0.0760. The van der Waals surface area contributed by atoms with Gasteiger partial charge < -0.3 is 20.7 Å². The summed E-state index contributed by atoms with van der Waals surface area (Å²) >= 11 is 6.04. The van der Waals surface area contributed by atoms with Crippen LogP contribution in [-0.2, 0) is 14.3 Å². The van der Waals surface area contributed by atoms with Crippen molar-refractivity contribution >= 4 is 29.1 Å². The monoisotopic (exact) mass is 368 g/mol. The molecule has 0 saturated carbocycles. The molecule has 1 aliphatic heterocycles. The van der Waals surface area contributed by atoms with Gasteiger partial charge in [-0.1, -0.05) is 23.7 Å². The standard InChI is InChI=1S/C17H25ClN4O3/c1-25-13(11-19)10-17(24)22-8-6-21(7-9-22)12-16(23)20-15-5-3-2-4-14(15)18/h2-5,13H,6-12,19H2,1H3,(H,20,23). The fourth-order valence-electron chi connectivity index (χ4n) is 2.70. The predicted molar refractivity (Wildman–Crippen MR) is 97.6 cm³/mol. The van der Waals surface area contributed by atoms with E-state index in [1.54, 1.807) is 24.1 Å². The molecule has 1 aliphatic rings. The van der Waals surface area contributed by atoms with E-state index >= 15 is 0 Å². The Labute approximate surface area is 153 Å². The van der Waals surface area contributed by atoms with E-state index in [1.807, 2.05) is 17.0 Å². The summed E-state index contributed by atoms with van der Waals surface area (Å²) in [5, 5.41) is 3.32. The molecule has 7 nitrogen and oxygen atoms in total. The molecule has 2 rings (SSSR count). The van der Waals surface area contributed by atoms with E-state index in [1.165, 1.54) is 0 Å². The molecule has 8 heteroatoms. The lowest BCUT2D eigenvalue weighted by molar-refractivity contribution is -0.135. The molecule has 1 fully saturated rings. The van der Waals surface area contributed by atoms with Crippen LogP contribution in [-0.4, -0.2) is 74.1 Å². The van der Waals surface area contributed by atoms with Crippen molar-refractivity contribution in [3.8, 4) is 0 Å². The zero-order valence-electron chi connectivity index (χ0n) is 14.4. The number of benzene rings is 1. The minimum Gasteiger partial charge on any atom is -0.380 e. The van der Waals surface area contributed by atoms with Gasteiger partial charge in [0.15, 0.2) is 0 Å². The average Bonchev–Trinajstić information content (AvgIpc) is 2.62. The van der Waals surface area contributed by atoms with Gasteiger partial charge in [0.05, 0.1) is 29.8 Å². The first-order valence-electron chi connectivity index (χ1n) is 8.31. The number of rotatable bonds is 7. The Bertz CT molecular complexity index is 587. The number of nitrogens with zero attached hydrogens (tertiary/aromatic N) is 2. The number of hydrogen-bond acceptors (Lipinski definition) is 5. The van der Waals surface area contributed by atoms with Crippen LogP contribution in [0.1, 0.15) is 6.42 Å². The highest BCUT2D eigenvalue weighted by molar-refractivity contribution is 6.33. The number of carbonyl (C=O) groups is 2. The third kappa shape index (κ3) is 5.97. The molecule has 25 heavy (non-hydrogen) atoms. The fourth-order valence-corrected chi connectivity index (χ4v) is 2.88. The number of hydrogen-bond donors (Lipinski definition) is 2. The number of ether oxygens (including phenoxy) is 1. The van der Waals surface area contributed by atoms with Crippen LogP contribution in [0.3, 0.4) is 0 Å². The number of nitrogens with one attached hydrogen (secondary N) is 1. The van der Waals surface area contributed by atoms with E-state index in [2.05, 4.69) is 5.32 Å². The number of para-hydroxylation sites is 1. The van der Waals surface area contributed by atoms with E-state index in [9.17, 15) is 9.59 Å². The van der Waals surface area contributed by atoms with Crippen LogP contribution in [0.4, 0.5) is 5.69 Å². The third-order valence-electron chi connectivity index (χ3n) is 4.24. The Morgan fingerprint density at radius 2 is 1.96 bits per heavy atom. The normalized spacial score (nSPS) is 16.5. The summed E-state index contributed by atoms with van der Waals surface area (Å²) in [4.78, 5) is 28.2. The van der Waals surface area contributed by atoms with Crippen molar-refractivity contribution in [3.63, 3.8) is 0 Å². The van der Waals surface area contributed by atoms with Crippen molar-refractivity contribution in [1.29, 1.82) is 0 Å². The number of halogens is 1. The summed E-state index contributed by atoms with van der Waals surface area (Å²) in [7, 11) is 1.56. The average molecular weight is 369 g/mol. The highest BCUT2D eigenvalue weighted by atomic mass is 35.5. The predicted octanol–water partition coefficient (Wildman–Crippen LogP) is 0.787. The second-order valence-corrected chi connectivity index (χ2v) is 6.39. The van der Waals surface area contributed by atoms with Gasteiger partial charge in [0.2, 0.25) is 11.8 Å². The Morgan fingerprint density at radius 1 is 1.28 bits per heavy atom. The van der Waals surface area contributed by atoms with E-state index in [0.29, 0.717) is 49.9 Å². The molecule has 0 spiro atoms. The number of methoxy groups -OCH3 is 1. The smallest absolute Gasteiger partial charge is 0.238 e. The molecular formula is C17H25ClN4O3. The summed E-state index contributed by atoms with van der Waals surface area (Å²) in [5.41, 5.74) is 6.16. The zero-order chi connectivity index (χ0) is 18.2. The van der Waals surface area contributed by atoms with Gasteiger partial charge in [-0.25, -0.2) is 0 Å². The Balaban J connectivity index is 1.75. The molecule has 0 bridgehead atoms. The highest BCUT2D eigenvalue weighted by Gasteiger charge is 2.24. The van der Waals surface area contributed by atoms with Crippen molar-refractivity contribution in [2.45, 2.75) is 12.5 Å². The lowest BCUT2D eigenvalue weighted by Gasteiger charge is -2.34. The molecule has 1 aromatic carbocycles. The van der Waals surface area contributed by atoms with Crippen molar-refractivity contribution < 1.29 is 14.3 Å². The van der Waals surface area contributed by atoms with E-state index < -0.39 is 0 Å². The first-order chi connectivity index (χ1) is 12.0. The first-order valence-corrected chi connectivity index (χ1v) is 8.68. The quantitative estimate of drug-likeness (QED) is 0.742. The van der Waals surface area contributed by atoms with Gasteiger partial charge in [-0.15, -0.1) is 0 Å². The largest absolute Gasteiger partial charge is 0.380 e. The molecule has 1 heterocycles. The summed E-state index contributed by atoms with van der Waals surface area (Å²) in [6, 6.07) is 7.13. The molecular weight excluding hydrogens is 344 g/mol.